The summed E-state index contributed by atoms with van der Waals surface area (Å²) in [6.07, 6.45) is 1.03. The largest absolute Gasteiger partial charge is 0.399 e. The Labute approximate surface area is 242 Å². The van der Waals surface area contributed by atoms with Gasteiger partial charge in [-0.05, 0) is 48.7 Å². The first-order chi connectivity index (χ1) is 19.6. The molecule has 0 unspecified atom stereocenters. The number of nitrogen functional groups attached to an aromatic ring is 1. The zero-order chi connectivity index (χ0) is 30.1. The van der Waals surface area contributed by atoms with E-state index in [0.717, 1.165) is 51.1 Å². The Balaban J connectivity index is 0.000000921. The highest BCUT2D eigenvalue weighted by molar-refractivity contribution is 6.00. The highest BCUT2D eigenvalue weighted by Gasteiger charge is 2.20. The maximum absolute atomic E-state index is 6.13. The first kappa shape index (κ1) is 34.0. The number of aromatic nitrogens is 2. The molecule has 0 aliphatic carbocycles. The zero-order valence-corrected chi connectivity index (χ0v) is 26.3. The molecule has 0 aliphatic heterocycles. The molecule has 4 nitrogen and oxygen atoms in total. The molecule has 0 saturated carbocycles. The summed E-state index contributed by atoms with van der Waals surface area (Å²) < 4.78 is 2.21. The van der Waals surface area contributed by atoms with Crippen LogP contribution in [-0.2, 0) is 6.42 Å². The third-order valence-corrected chi connectivity index (χ3v) is 5.77. The van der Waals surface area contributed by atoms with Gasteiger partial charge in [0.15, 0.2) is 0 Å². The van der Waals surface area contributed by atoms with Crippen molar-refractivity contribution in [2.75, 3.05) is 5.73 Å². The average Bonchev–Trinajstić information content (AvgIpc) is 3.04. The van der Waals surface area contributed by atoms with Gasteiger partial charge in [0.1, 0.15) is 11.0 Å². The van der Waals surface area contributed by atoms with E-state index in [9.17, 15) is 0 Å². The van der Waals surface area contributed by atoms with Crippen LogP contribution in [0.25, 0.3) is 27.8 Å². The van der Waals surface area contributed by atoms with Crippen molar-refractivity contribution in [2.45, 2.75) is 75.7 Å². The summed E-state index contributed by atoms with van der Waals surface area (Å²) in [6.45, 7) is 20.2. The molecule has 0 bridgehead atoms. The van der Waals surface area contributed by atoms with E-state index < -0.39 is 0 Å². The first-order valence-corrected chi connectivity index (χ1v) is 14.9. The zero-order valence-electron chi connectivity index (χ0n) is 26.3. The molecular weight excluding hydrogens is 488 g/mol. The molecule has 0 saturated heterocycles. The smallest absolute Gasteiger partial charge is 0.239 e. The predicted octanol–water partition coefficient (Wildman–Crippen LogP) is 10.1. The summed E-state index contributed by atoms with van der Waals surface area (Å²) in [6, 6.07) is 30.9. The van der Waals surface area contributed by atoms with Crippen LogP contribution in [-0.4, -0.2) is 10.7 Å². The Morgan fingerprint density at radius 1 is 0.700 bits per heavy atom. The van der Waals surface area contributed by atoms with Crippen molar-refractivity contribution in [3.8, 4) is 5.69 Å². The second kappa shape index (κ2) is 18.3. The normalized spacial score (nSPS) is 10.1. The summed E-state index contributed by atoms with van der Waals surface area (Å²) in [4.78, 5) is 9.80. The lowest BCUT2D eigenvalue weighted by atomic mass is 10.1. The number of nitrogens with zero attached hydrogens (tertiary/aromatic N) is 3. The van der Waals surface area contributed by atoms with Crippen molar-refractivity contribution in [3.05, 3.63) is 102 Å². The Kier molecular flexibility index (Phi) is 15.5. The second-order valence-electron chi connectivity index (χ2n) is 7.95. The number of aryl methyl sites for hydroxylation is 1. The number of fused-ring (bicyclic) bond motifs is 2. The average molecular weight is 538 g/mol. The Hall–Kier alpha value is -4.05. The van der Waals surface area contributed by atoms with Gasteiger partial charge >= 0.3 is 0 Å². The van der Waals surface area contributed by atoms with Crippen molar-refractivity contribution in [1.82, 2.24) is 4.98 Å². The molecule has 0 atom stereocenters. The van der Waals surface area contributed by atoms with E-state index in [-0.39, 0.29) is 0 Å². The molecule has 0 fully saturated rings. The molecule has 40 heavy (non-hydrogen) atoms. The van der Waals surface area contributed by atoms with Gasteiger partial charge in [-0.1, -0.05) is 105 Å². The minimum absolute atomic E-state index is 0.712. The number of hydrogen-bond acceptors (Lipinski definition) is 3. The van der Waals surface area contributed by atoms with Crippen LogP contribution in [0, 0.1) is 0 Å². The van der Waals surface area contributed by atoms with E-state index in [4.69, 9.17) is 15.7 Å². The molecule has 4 heteroatoms. The van der Waals surface area contributed by atoms with E-state index in [1.54, 1.807) is 0 Å². The number of aliphatic imine (C=N–C) groups is 1. The van der Waals surface area contributed by atoms with E-state index in [2.05, 4.69) is 60.9 Å². The molecule has 0 amide bonds. The Morgan fingerprint density at radius 3 is 1.82 bits per heavy atom. The second-order valence-corrected chi connectivity index (χ2v) is 7.95. The van der Waals surface area contributed by atoms with Gasteiger partial charge in [0.25, 0.3) is 0 Å². The monoisotopic (exact) mass is 537 g/mol. The van der Waals surface area contributed by atoms with Gasteiger partial charge in [-0.25, -0.2) is 4.98 Å². The highest BCUT2D eigenvalue weighted by Crippen LogP contribution is 2.24. The van der Waals surface area contributed by atoms with Gasteiger partial charge in [-0.15, -0.1) is 4.57 Å². The number of anilines is 1. The molecule has 2 N–H and O–H groups in total. The fourth-order valence-electron chi connectivity index (χ4n) is 4.02. The molecule has 0 aliphatic rings. The van der Waals surface area contributed by atoms with Gasteiger partial charge in [0.2, 0.25) is 16.7 Å². The minimum atomic E-state index is 0.712. The molecule has 4 aromatic carbocycles. The fourth-order valence-corrected chi connectivity index (χ4v) is 4.02. The maximum atomic E-state index is 6.13. The molecule has 5 aromatic rings. The van der Waals surface area contributed by atoms with E-state index in [1.807, 2.05) is 104 Å². The number of hydrogen-bond donors (Lipinski definition) is 1. The summed E-state index contributed by atoms with van der Waals surface area (Å²) in [5.74, 6) is 0. The van der Waals surface area contributed by atoms with Gasteiger partial charge in [-0.3, -0.25) is 4.99 Å². The third kappa shape index (κ3) is 8.47. The van der Waals surface area contributed by atoms with Gasteiger partial charge in [0, 0.05) is 35.7 Å². The molecular formula is C36H49N4+. The standard InChI is InChI=1S/C28H24N4.4C2H6/c1-3-20-9-11-21(12-10-20)19(2)30-23-14-16-26-28(18-23)32(24-7-5-4-6-8-24)27-17-22(29)13-15-25(27)31-26;4*1-2/h4-18,29H,3H2,1-2H3;4*1-2H3/p+1. The molecule has 0 radical (unpaired) electrons. The highest BCUT2D eigenvalue weighted by atomic mass is 15.0. The lowest BCUT2D eigenvalue weighted by Crippen LogP contribution is -2.33. The van der Waals surface area contributed by atoms with Crippen molar-refractivity contribution in [1.29, 1.82) is 0 Å². The number of benzene rings is 4. The summed E-state index contributed by atoms with van der Waals surface area (Å²) >= 11 is 0. The van der Waals surface area contributed by atoms with Crippen LogP contribution in [0.2, 0.25) is 0 Å². The minimum Gasteiger partial charge on any atom is -0.399 e. The SMILES string of the molecule is CC.CC.CC.CC.CCc1ccc(C(C)=Nc2ccc3nc4ccc(N)cc4[n+](-c4ccccc4)c3c2)cc1. The first-order valence-electron chi connectivity index (χ1n) is 14.9. The van der Waals surface area contributed by atoms with Crippen molar-refractivity contribution in [2.24, 2.45) is 4.99 Å². The van der Waals surface area contributed by atoms with Crippen LogP contribution in [0.15, 0.2) is 96.0 Å². The van der Waals surface area contributed by atoms with Crippen LogP contribution in [0.4, 0.5) is 11.4 Å². The lowest BCUT2D eigenvalue weighted by Gasteiger charge is -2.07. The van der Waals surface area contributed by atoms with Crippen LogP contribution in [0.3, 0.4) is 0 Å². The van der Waals surface area contributed by atoms with Crippen LogP contribution < -0.4 is 10.3 Å². The quantitative estimate of drug-likeness (QED) is 0.107. The molecule has 5 rings (SSSR count). The molecule has 0 spiro atoms. The van der Waals surface area contributed by atoms with E-state index >= 15 is 0 Å². The van der Waals surface area contributed by atoms with Crippen LogP contribution in [0.5, 0.6) is 0 Å². The third-order valence-electron chi connectivity index (χ3n) is 5.77. The van der Waals surface area contributed by atoms with E-state index in [1.165, 1.54) is 5.56 Å². The fraction of sp³-hybridized carbons (Fsp3) is 0.306. The predicted molar refractivity (Wildman–Crippen MR) is 178 cm³/mol. The van der Waals surface area contributed by atoms with E-state index in [0.29, 0.717) is 5.69 Å². The van der Waals surface area contributed by atoms with Crippen molar-refractivity contribution in [3.63, 3.8) is 0 Å². The molecule has 1 heterocycles. The van der Waals surface area contributed by atoms with Gasteiger partial charge in [0.05, 0.1) is 5.69 Å². The van der Waals surface area contributed by atoms with Crippen molar-refractivity contribution < 1.29 is 4.57 Å². The Bertz CT molecular complexity index is 1450. The molecule has 1 aromatic heterocycles. The van der Waals surface area contributed by atoms with Gasteiger partial charge in [-0.2, -0.15) is 0 Å². The van der Waals surface area contributed by atoms with Crippen LogP contribution >= 0.6 is 0 Å². The lowest BCUT2D eigenvalue weighted by molar-refractivity contribution is -0.538. The van der Waals surface area contributed by atoms with Crippen LogP contribution in [0.1, 0.15) is 80.4 Å². The summed E-state index contributed by atoms with van der Waals surface area (Å²) in [5, 5.41) is 0. The summed E-state index contributed by atoms with van der Waals surface area (Å²) in [5.41, 5.74) is 16.0. The molecule has 212 valence electrons. The summed E-state index contributed by atoms with van der Waals surface area (Å²) in [7, 11) is 0. The number of rotatable bonds is 4. The Morgan fingerprint density at radius 2 is 1.25 bits per heavy atom. The number of para-hydroxylation sites is 1. The van der Waals surface area contributed by atoms with Gasteiger partial charge < -0.3 is 5.73 Å². The van der Waals surface area contributed by atoms with Crippen molar-refractivity contribution >= 4 is 39.2 Å². The topological polar surface area (TPSA) is 55.1 Å². The number of nitrogens with two attached hydrogens (primary N) is 1. The maximum Gasteiger partial charge on any atom is 0.239 e.